The zero-order chi connectivity index (χ0) is 14.4. The predicted octanol–water partition coefficient (Wildman–Crippen LogP) is 4.24. The molecule has 20 heavy (non-hydrogen) atoms. The molecular weight excluding hydrogens is 292 g/mol. The molecule has 0 bridgehead atoms. The van der Waals surface area contributed by atoms with Gasteiger partial charge >= 0.3 is 0 Å². The molecule has 0 saturated heterocycles. The summed E-state index contributed by atoms with van der Waals surface area (Å²) in [7, 11) is 0. The second-order valence-electron chi connectivity index (χ2n) is 4.62. The molecule has 5 heteroatoms. The van der Waals surface area contributed by atoms with Crippen molar-refractivity contribution in [2.75, 3.05) is 5.32 Å². The summed E-state index contributed by atoms with van der Waals surface area (Å²) >= 11 is 11.1. The van der Waals surface area contributed by atoms with E-state index in [1.165, 1.54) is 0 Å². The average Bonchev–Trinajstić information content (AvgIpc) is 2.92. The minimum absolute atomic E-state index is 0.271. The van der Waals surface area contributed by atoms with Gasteiger partial charge in [-0.3, -0.25) is 0 Å². The maximum atomic E-state index is 5.84. The Bertz CT molecular complexity index is 540. The Balaban J connectivity index is 1.74. The highest BCUT2D eigenvalue weighted by Gasteiger charge is 2.06. The summed E-state index contributed by atoms with van der Waals surface area (Å²) in [6, 6.07) is 11.6. The number of hydrogen-bond acceptors (Lipinski definition) is 2. The molecule has 0 aliphatic heterocycles. The molecule has 1 aromatic carbocycles. The summed E-state index contributed by atoms with van der Waals surface area (Å²) in [4.78, 5) is 0. The van der Waals surface area contributed by atoms with Crippen LogP contribution in [0.15, 0.2) is 47.1 Å². The smallest absolute Gasteiger partial charge is 0.170 e. The van der Waals surface area contributed by atoms with E-state index in [1.54, 1.807) is 6.26 Å². The first kappa shape index (κ1) is 14.9. The minimum Gasteiger partial charge on any atom is -0.469 e. The molecule has 1 atom stereocenters. The normalized spacial score (nSPS) is 11.9. The molecule has 3 nitrogen and oxygen atoms in total. The summed E-state index contributed by atoms with van der Waals surface area (Å²) in [5.74, 6) is 0.996. The van der Waals surface area contributed by atoms with Gasteiger partial charge in [-0.25, -0.2) is 0 Å². The lowest BCUT2D eigenvalue weighted by atomic mass is 10.1. The summed E-state index contributed by atoms with van der Waals surface area (Å²) < 4.78 is 5.31. The van der Waals surface area contributed by atoms with Crippen molar-refractivity contribution in [3.8, 4) is 0 Å². The Morgan fingerprint density at radius 3 is 2.70 bits per heavy atom. The number of halogens is 1. The van der Waals surface area contributed by atoms with Gasteiger partial charge in [-0.15, -0.1) is 0 Å². The Kier molecular flexibility index (Phi) is 5.44. The van der Waals surface area contributed by atoms with Crippen molar-refractivity contribution >= 4 is 34.6 Å². The standard InChI is InChI=1S/C15H17ClN2OS/c1-11(4-9-14-3-2-10-19-14)17-15(20)18-13-7-5-12(16)6-8-13/h2-3,5-8,10-11H,4,9H2,1H3,(H2,17,18,20)/t11-/m0/s1. The Morgan fingerprint density at radius 1 is 1.30 bits per heavy atom. The Hall–Kier alpha value is -1.52. The van der Waals surface area contributed by atoms with Crippen LogP contribution < -0.4 is 10.6 Å². The number of aryl methyl sites for hydroxylation is 1. The molecule has 0 unspecified atom stereocenters. The van der Waals surface area contributed by atoms with Gasteiger partial charge in [0.05, 0.1) is 6.26 Å². The van der Waals surface area contributed by atoms with E-state index < -0.39 is 0 Å². The van der Waals surface area contributed by atoms with Crippen molar-refractivity contribution in [2.24, 2.45) is 0 Å². The summed E-state index contributed by atoms with van der Waals surface area (Å²) in [5.41, 5.74) is 0.921. The fourth-order valence-corrected chi connectivity index (χ4v) is 2.25. The van der Waals surface area contributed by atoms with E-state index in [0.717, 1.165) is 24.3 Å². The number of hydrogen-bond donors (Lipinski definition) is 2. The third kappa shape index (κ3) is 4.87. The fraction of sp³-hybridized carbons (Fsp3) is 0.267. The maximum absolute atomic E-state index is 5.84. The molecule has 2 rings (SSSR count). The van der Waals surface area contributed by atoms with Crippen LogP contribution in [0.1, 0.15) is 19.1 Å². The SMILES string of the molecule is C[C@@H](CCc1ccco1)NC(=S)Nc1ccc(Cl)cc1. The molecule has 0 spiro atoms. The van der Waals surface area contributed by atoms with E-state index >= 15 is 0 Å². The third-order valence-electron chi connectivity index (χ3n) is 2.88. The van der Waals surface area contributed by atoms with Gasteiger partial charge in [0.1, 0.15) is 5.76 Å². The average molecular weight is 309 g/mol. The first-order valence-electron chi connectivity index (χ1n) is 6.49. The van der Waals surface area contributed by atoms with Crippen LogP contribution in [-0.2, 0) is 6.42 Å². The first-order valence-corrected chi connectivity index (χ1v) is 7.27. The van der Waals surface area contributed by atoms with E-state index in [0.29, 0.717) is 10.1 Å². The molecule has 0 saturated carbocycles. The zero-order valence-corrected chi connectivity index (χ0v) is 12.8. The molecule has 0 radical (unpaired) electrons. The van der Waals surface area contributed by atoms with E-state index in [-0.39, 0.29) is 6.04 Å². The number of benzene rings is 1. The topological polar surface area (TPSA) is 37.2 Å². The molecule has 0 fully saturated rings. The summed E-state index contributed by atoms with van der Waals surface area (Å²) in [5, 5.41) is 7.70. The number of thiocarbonyl (C=S) groups is 1. The lowest BCUT2D eigenvalue weighted by Gasteiger charge is -2.16. The molecular formula is C15H17ClN2OS. The van der Waals surface area contributed by atoms with Gasteiger partial charge in [0.2, 0.25) is 0 Å². The van der Waals surface area contributed by atoms with Crippen molar-refractivity contribution in [3.05, 3.63) is 53.4 Å². The minimum atomic E-state index is 0.271. The lowest BCUT2D eigenvalue weighted by Crippen LogP contribution is -2.36. The van der Waals surface area contributed by atoms with E-state index in [1.807, 2.05) is 36.4 Å². The van der Waals surface area contributed by atoms with Crippen molar-refractivity contribution in [3.63, 3.8) is 0 Å². The zero-order valence-electron chi connectivity index (χ0n) is 11.2. The van der Waals surface area contributed by atoms with Crippen LogP contribution in [0, 0.1) is 0 Å². The van der Waals surface area contributed by atoms with E-state index in [9.17, 15) is 0 Å². The fourth-order valence-electron chi connectivity index (χ4n) is 1.81. The number of nitrogens with one attached hydrogen (secondary N) is 2. The van der Waals surface area contributed by atoms with Crippen LogP contribution in [-0.4, -0.2) is 11.2 Å². The highest BCUT2D eigenvalue weighted by atomic mass is 35.5. The Morgan fingerprint density at radius 2 is 2.05 bits per heavy atom. The highest BCUT2D eigenvalue weighted by molar-refractivity contribution is 7.80. The van der Waals surface area contributed by atoms with Crippen molar-refractivity contribution < 1.29 is 4.42 Å². The van der Waals surface area contributed by atoms with Crippen LogP contribution in [0.2, 0.25) is 5.02 Å². The highest BCUT2D eigenvalue weighted by Crippen LogP contribution is 2.13. The van der Waals surface area contributed by atoms with Crippen molar-refractivity contribution in [1.29, 1.82) is 0 Å². The predicted molar refractivity (Wildman–Crippen MR) is 87.3 cm³/mol. The number of anilines is 1. The molecule has 0 aliphatic carbocycles. The van der Waals surface area contributed by atoms with Crippen LogP contribution in [0.4, 0.5) is 5.69 Å². The second kappa shape index (κ2) is 7.31. The van der Waals surface area contributed by atoms with Gasteiger partial charge in [-0.2, -0.15) is 0 Å². The lowest BCUT2D eigenvalue weighted by molar-refractivity contribution is 0.483. The van der Waals surface area contributed by atoms with Crippen LogP contribution in [0.5, 0.6) is 0 Å². The quantitative estimate of drug-likeness (QED) is 0.810. The molecule has 2 aromatic rings. The van der Waals surface area contributed by atoms with Crippen LogP contribution in [0.25, 0.3) is 0 Å². The molecule has 1 heterocycles. The largest absolute Gasteiger partial charge is 0.469 e. The van der Waals surface area contributed by atoms with Crippen molar-refractivity contribution in [1.82, 2.24) is 5.32 Å². The number of rotatable bonds is 5. The summed E-state index contributed by atoms with van der Waals surface area (Å²) in [6.07, 6.45) is 3.54. The molecule has 0 amide bonds. The second-order valence-corrected chi connectivity index (χ2v) is 5.47. The molecule has 2 N–H and O–H groups in total. The third-order valence-corrected chi connectivity index (χ3v) is 3.36. The maximum Gasteiger partial charge on any atom is 0.170 e. The van der Waals surface area contributed by atoms with Gasteiger partial charge in [0.15, 0.2) is 5.11 Å². The molecule has 1 aromatic heterocycles. The van der Waals surface area contributed by atoms with E-state index in [4.69, 9.17) is 28.2 Å². The van der Waals surface area contributed by atoms with Gasteiger partial charge in [0.25, 0.3) is 0 Å². The first-order chi connectivity index (χ1) is 9.63. The molecule has 0 aliphatic rings. The Labute approximate surface area is 129 Å². The van der Waals surface area contributed by atoms with Gasteiger partial charge in [0, 0.05) is 23.2 Å². The monoisotopic (exact) mass is 308 g/mol. The van der Waals surface area contributed by atoms with Crippen LogP contribution in [0.3, 0.4) is 0 Å². The van der Waals surface area contributed by atoms with Crippen molar-refractivity contribution in [2.45, 2.75) is 25.8 Å². The van der Waals surface area contributed by atoms with E-state index in [2.05, 4.69) is 17.6 Å². The van der Waals surface area contributed by atoms with Gasteiger partial charge in [-0.05, 0) is 62.0 Å². The molecule has 106 valence electrons. The number of furan rings is 1. The van der Waals surface area contributed by atoms with Gasteiger partial charge < -0.3 is 15.1 Å². The van der Waals surface area contributed by atoms with Crippen LogP contribution >= 0.6 is 23.8 Å². The summed E-state index contributed by atoms with van der Waals surface area (Å²) in [6.45, 7) is 2.10. The van der Waals surface area contributed by atoms with Gasteiger partial charge in [-0.1, -0.05) is 11.6 Å².